The Hall–Kier alpha value is -2.38. The fraction of sp³-hybridized carbons (Fsp3) is 0.478. The molecule has 2 fully saturated rings. The number of likely N-dealkylation sites (tertiary alicyclic amines) is 1. The lowest BCUT2D eigenvalue weighted by atomic mass is 9.89. The number of piperidine rings is 2. The van der Waals surface area contributed by atoms with E-state index in [0.29, 0.717) is 23.2 Å². The molecule has 5 nitrogen and oxygen atoms in total. The van der Waals surface area contributed by atoms with Crippen molar-refractivity contribution < 1.29 is 18.3 Å². The van der Waals surface area contributed by atoms with Gasteiger partial charge in [-0.15, -0.1) is 0 Å². The second kappa shape index (κ2) is 9.18. The van der Waals surface area contributed by atoms with Gasteiger partial charge >= 0.3 is 0 Å². The van der Waals surface area contributed by atoms with Crippen LogP contribution in [0.15, 0.2) is 36.4 Å². The number of ether oxygens (including phenoxy) is 2. The van der Waals surface area contributed by atoms with E-state index in [0.717, 1.165) is 63.0 Å². The molecule has 0 amide bonds. The second-order valence-electron chi connectivity index (χ2n) is 8.08. The number of halogens is 2. The first kappa shape index (κ1) is 20.9. The van der Waals surface area contributed by atoms with Crippen LogP contribution in [0.5, 0.6) is 11.5 Å². The van der Waals surface area contributed by atoms with Crippen molar-refractivity contribution in [1.82, 2.24) is 10.2 Å². The predicted octanol–water partition coefficient (Wildman–Crippen LogP) is 3.89. The molecular weight excluding hydrogens is 388 g/mol. The molecule has 7 heteroatoms. The van der Waals surface area contributed by atoms with Crippen LogP contribution in [0.4, 0.5) is 14.5 Å². The van der Waals surface area contributed by atoms with Crippen LogP contribution in [0, 0.1) is 11.6 Å². The van der Waals surface area contributed by atoms with E-state index in [1.165, 1.54) is 6.07 Å². The van der Waals surface area contributed by atoms with Crippen molar-refractivity contribution in [2.75, 3.05) is 32.5 Å². The third-order valence-electron chi connectivity index (χ3n) is 6.21. The first-order chi connectivity index (χ1) is 14.5. The zero-order chi connectivity index (χ0) is 21.1. The van der Waals surface area contributed by atoms with E-state index < -0.39 is 11.6 Å². The average Bonchev–Trinajstić information content (AvgIpc) is 2.77. The van der Waals surface area contributed by atoms with Gasteiger partial charge in [-0.25, -0.2) is 8.78 Å². The summed E-state index contributed by atoms with van der Waals surface area (Å²) in [5, 5.41) is 3.43. The molecule has 2 aliphatic rings. The Morgan fingerprint density at radius 3 is 2.57 bits per heavy atom. The molecule has 2 saturated heterocycles. The van der Waals surface area contributed by atoms with Crippen LogP contribution in [0.3, 0.4) is 0 Å². The molecule has 0 spiro atoms. The van der Waals surface area contributed by atoms with E-state index in [4.69, 9.17) is 15.2 Å². The van der Waals surface area contributed by atoms with E-state index in [2.05, 4.69) is 16.3 Å². The van der Waals surface area contributed by atoms with Gasteiger partial charge in [0.2, 0.25) is 0 Å². The minimum Gasteiger partial charge on any atom is -0.495 e. The first-order valence-corrected chi connectivity index (χ1v) is 10.6. The van der Waals surface area contributed by atoms with Crippen molar-refractivity contribution in [2.24, 2.45) is 0 Å². The van der Waals surface area contributed by atoms with E-state index in [-0.39, 0.29) is 12.1 Å². The van der Waals surface area contributed by atoms with E-state index in [9.17, 15) is 8.78 Å². The highest BCUT2D eigenvalue weighted by Gasteiger charge is 2.35. The Morgan fingerprint density at radius 2 is 1.83 bits per heavy atom. The van der Waals surface area contributed by atoms with Crippen LogP contribution in [0.2, 0.25) is 0 Å². The molecule has 2 unspecified atom stereocenters. The van der Waals surface area contributed by atoms with Crippen molar-refractivity contribution in [2.45, 2.75) is 43.9 Å². The number of nitrogens with one attached hydrogen (secondary N) is 1. The molecular formula is C23H29F2N3O2. The van der Waals surface area contributed by atoms with Crippen LogP contribution in [0.25, 0.3) is 0 Å². The topological polar surface area (TPSA) is 59.8 Å². The summed E-state index contributed by atoms with van der Waals surface area (Å²) >= 11 is 0. The molecule has 30 heavy (non-hydrogen) atoms. The molecule has 2 heterocycles. The summed E-state index contributed by atoms with van der Waals surface area (Å²) < 4.78 is 38.4. The van der Waals surface area contributed by atoms with Crippen LogP contribution < -0.4 is 20.5 Å². The molecule has 3 N–H and O–H groups in total. The number of nitrogen functional groups attached to an aromatic ring is 1. The van der Waals surface area contributed by atoms with Gasteiger partial charge in [0.1, 0.15) is 17.6 Å². The average molecular weight is 418 g/mol. The molecule has 162 valence electrons. The number of rotatable bonds is 5. The number of nitrogens with zero attached hydrogens (tertiary/aromatic N) is 1. The Kier molecular flexibility index (Phi) is 6.39. The van der Waals surface area contributed by atoms with Crippen molar-refractivity contribution >= 4 is 5.69 Å². The van der Waals surface area contributed by atoms with Crippen molar-refractivity contribution in [3.8, 4) is 11.5 Å². The molecule has 0 aliphatic carbocycles. The summed E-state index contributed by atoms with van der Waals surface area (Å²) in [5.74, 6) is -0.723. The number of benzene rings is 2. The van der Waals surface area contributed by atoms with Crippen molar-refractivity contribution in [3.63, 3.8) is 0 Å². The summed E-state index contributed by atoms with van der Waals surface area (Å²) in [6, 6.07) is 10.3. The van der Waals surface area contributed by atoms with Crippen LogP contribution >= 0.6 is 0 Å². The minimum atomic E-state index is -0.889. The normalized spacial score (nSPS) is 23.3. The second-order valence-corrected chi connectivity index (χ2v) is 8.08. The van der Waals surface area contributed by atoms with Gasteiger partial charge in [-0.1, -0.05) is 6.07 Å². The van der Waals surface area contributed by atoms with Crippen LogP contribution in [-0.2, 0) is 0 Å². The summed E-state index contributed by atoms with van der Waals surface area (Å²) in [7, 11) is 1.62. The number of hydrogen-bond acceptors (Lipinski definition) is 5. The third kappa shape index (κ3) is 4.52. The quantitative estimate of drug-likeness (QED) is 0.723. The smallest absolute Gasteiger partial charge is 0.162 e. The highest BCUT2D eigenvalue weighted by atomic mass is 19.2. The van der Waals surface area contributed by atoms with Gasteiger partial charge in [-0.05, 0) is 62.2 Å². The van der Waals surface area contributed by atoms with Gasteiger partial charge in [0.05, 0.1) is 12.8 Å². The molecule has 0 bridgehead atoms. The molecule has 2 aliphatic heterocycles. The molecule has 0 aromatic heterocycles. The fourth-order valence-corrected chi connectivity index (χ4v) is 4.64. The minimum absolute atomic E-state index is 0.0821. The van der Waals surface area contributed by atoms with Gasteiger partial charge in [0.25, 0.3) is 0 Å². The standard InChI is InChI=1S/C23H29F2N3O2/c1-29-23-12-15(2-5-21(23)26)22-14-18(30-17-3-4-19(24)20(25)13-17)8-11-28(22)16-6-9-27-10-7-16/h2-5,12-13,16,18,22,27H,6-11,14,26H2,1H3. The lowest BCUT2D eigenvalue weighted by Crippen LogP contribution is -2.49. The maximum atomic E-state index is 13.6. The van der Waals surface area contributed by atoms with E-state index in [1.54, 1.807) is 7.11 Å². The van der Waals surface area contributed by atoms with E-state index >= 15 is 0 Å². The number of nitrogens with two attached hydrogens (primary N) is 1. The Morgan fingerprint density at radius 1 is 1.03 bits per heavy atom. The maximum absolute atomic E-state index is 13.6. The van der Waals surface area contributed by atoms with Gasteiger partial charge in [-0.2, -0.15) is 0 Å². The molecule has 2 atom stereocenters. The van der Waals surface area contributed by atoms with Gasteiger partial charge in [0, 0.05) is 31.1 Å². The summed E-state index contributed by atoms with van der Waals surface area (Å²) in [5.41, 5.74) is 7.77. The summed E-state index contributed by atoms with van der Waals surface area (Å²) in [4.78, 5) is 2.57. The number of hydrogen-bond donors (Lipinski definition) is 2. The van der Waals surface area contributed by atoms with Crippen molar-refractivity contribution in [1.29, 1.82) is 0 Å². The van der Waals surface area contributed by atoms with E-state index in [1.807, 2.05) is 12.1 Å². The Bertz CT molecular complexity index is 874. The van der Waals surface area contributed by atoms with Gasteiger partial charge in [0.15, 0.2) is 11.6 Å². The van der Waals surface area contributed by atoms with Crippen LogP contribution in [0.1, 0.15) is 37.3 Å². The number of anilines is 1. The van der Waals surface area contributed by atoms with Crippen LogP contribution in [-0.4, -0.2) is 43.8 Å². The van der Waals surface area contributed by atoms with Gasteiger partial charge in [-0.3, -0.25) is 4.90 Å². The monoisotopic (exact) mass is 417 g/mol. The zero-order valence-electron chi connectivity index (χ0n) is 17.2. The molecule has 4 rings (SSSR count). The third-order valence-corrected chi connectivity index (χ3v) is 6.21. The molecule has 0 saturated carbocycles. The highest BCUT2D eigenvalue weighted by molar-refractivity contribution is 5.54. The lowest BCUT2D eigenvalue weighted by molar-refractivity contribution is 0.0182. The van der Waals surface area contributed by atoms with Gasteiger partial charge < -0.3 is 20.5 Å². The highest BCUT2D eigenvalue weighted by Crippen LogP contribution is 2.38. The largest absolute Gasteiger partial charge is 0.495 e. The molecule has 2 aromatic rings. The Labute approximate surface area is 176 Å². The Balaban J connectivity index is 1.57. The fourth-order valence-electron chi connectivity index (χ4n) is 4.64. The lowest BCUT2D eigenvalue weighted by Gasteiger charge is -2.45. The maximum Gasteiger partial charge on any atom is 0.162 e. The molecule has 0 radical (unpaired) electrons. The summed E-state index contributed by atoms with van der Waals surface area (Å²) in [6.45, 7) is 2.93. The molecule has 2 aromatic carbocycles. The zero-order valence-corrected chi connectivity index (χ0v) is 17.2. The SMILES string of the molecule is COc1cc(C2CC(Oc3ccc(F)c(F)c3)CCN2C2CCNCC2)ccc1N. The predicted molar refractivity (Wildman–Crippen MR) is 113 cm³/mol. The summed E-state index contributed by atoms with van der Waals surface area (Å²) in [6.07, 6.45) is 3.73. The first-order valence-electron chi connectivity index (χ1n) is 10.6. The van der Waals surface area contributed by atoms with Crippen molar-refractivity contribution in [3.05, 3.63) is 53.6 Å². The number of methoxy groups -OCH3 is 1.